The van der Waals surface area contributed by atoms with Crippen LogP contribution in [0.25, 0.3) is 0 Å². The van der Waals surface area contributed by atoms with Crippen LogP contribution in [0.3, 0.4) is 0 Å². The number of hydrogen-bond acceptors (Lipinski definition) is 5. The summed E-state index contributed by atoms with van der Waals surface area (Å²) in [7, 11) is 0. The molecule has 0 fully saturated rings. The first kappa shape index (κ1) is 16.5. The van der Waals surface area contributed by atoms with Gasteiger partial charge in [-0.3, -0.25) is 19.7 Å². The zero-order valence-corrected chi connectivity index (χ0v) is 11.5. The number of nitrogens with zero attached hydrogens (tertiary/aromatic N) is 1. The van der Waals surface area contributed by atoms with Crippen molar-refractivity contribution in [2.24, 2.45) is 5.41 Å². The van der Waals surface area contributed by atoms with Crippen molar-refractivity contribution in [1.82, 2.24) is 0 Å². The van der Waals surface area contributed by atoms with Gasteiger partial charge in [-0.15, -0.1) is 0 Å². The number of benzene rings is 1. The zero-order chi connectivity index (χ0) is 16.2. The first-order valence-corrected chi connectivity index (χ1v) is 6.05. The molecule has 114 valence electrons. The van der Waals surface area contributed by atoms with Crippen LogP contribution in [0.15, 0.2) is 18.2 Å². The maximum Gasteiger partial charge on any atom is 0.323 e. The number of nitro groups is 1. The van der Waals surface area contributed by atoms with E-state index in [1.807, 2.05) is 0 Å². The van der Waals surface area contributed by atoms with Gasteiger partial charge >= 0.3 is 17.6 Å². The SMILES string of the molecule is CCOC(=O)C(C)(Cc1ccc([N+](=O)[O-])c(F)c1)C(=O)O. The molecule has 8 heteroatoms. The minimum Gasteiger partial charge on any atom is -0.480 e. The molecule has 1 aromatic rings. The van der Waals surface area contributed by atoms with Crippen molar-refractivity contribution in [1.29, 1.82) is 0 Å². The van der Waals surface area contributed by atoms with Gasteiger partial charge in [0.25, 0.3) is 0 Å². The quantitative estimate of drug-likeness (QED) is 0.372. The van der Waals surface area contributed by atoms with E-state index >= 15 is 0 Å². The van der Waals surface area contributed by atoms with Gasteiger partial charge in [0.15, 0.2) is 5.41 Å². The third-order valence-electron chi connectivity index (χ3n) is 2.96. The Bertz CT molecular complexity index is 588. The molecule has 1 atom stereocenters. The van der Waals surface area contributed by atoms with Gasteiger partial charge in [-0.25, -0.2) is 0 Å². The van der Waals surface area contributed by atoms with Crippen LogP contribution in [0.1, 0.15) is 19.4 Å². The molecule has 0 aliphatic heterocycles. The Labute approximate surface area is 119 Å². The number of carboxylic acids is 1. The van der Waals surface area contributed by atoms with Gasteiger partial charge in [0.2, 0.25) is 5.82 Å². The number of esters is 1. The van der Waals surface area contributed by atoms with Gasteiger partial charge in [0.05, 0.1) is 11.5 Å². The summed E-state index contributed by atoms with van der Waals surface area (Å²) in [4.78, 5) is 32.7. The fourth-order valence-electron chi connectivity index (χ4n) is 1.74. The molecule has 0 heterocycles. The number of aliphatic carboxylic acids is 1. The molecule has 0 saturated carbocycles. The Morgan fingerprint density at radius 1 is 1.48 bits per heavy atom. The van der Waals surface area contributed by atoms with Crippen LogP contribution in [0.4, 0.5) is 10.1 Å². The van der Waals surface area contributed by atoms with Crippen LogP contribution >= 0.6 is 0 Å². The molecule has 0 aliphatic rings. The third-order valence-corrected chi connectivity index (χ3v) is 2.96. The van der Waals surface area contributed by atoms with Gasteiger partial charge in [-0.1, -0.05) is 6.07 Å². The Hall–Kier alpha value is -2.51. The van der Waals surface area contributed by atoms with Crippen molar-refractivity contribution in [3.63, 3.8) is 0 Å². The molecule has 0 aliphatic carbocycles. The summed E-state index contributed by atoms with van der Waals surface area (Å²) in [6.45, 7) is 2.70. The minimum absolute atomic E-state index is 0.0102. The van der Waals surface area contributed by atoms with E-state index in [0.717, 1.165) is 19.1 Å². The van der Waals surface area contributed by atoms with Crippen LogP contribution in [0, 0.1) is 21.3 Å². The highest BCUT2D eigenvalue weighted by atomic mass is 19.1. The van der Waals surface area contributed by atoms with Crippen LogP contribution in [-0.2, 0) is 20.7 Å². The molecule has 0 bridgehead atoms. The van der Waals surface area contributed by atoms with E-state index in [4.69, 9.17) is 4.74 Å². The number of hydrogen-bond donors (Lipinski definition) is 1. The Morgan fingerprint density at radius 3 is 2.52 bits per heavy atom. The second kappa shape index (κ2) is 6.29. The highest BCUT2D eigenvalue weighted by molar-refractivity contribution is 5.99. The number of carboxylic acid groups (broad SMARTS) is 1. The second-order valence-corrected chi connectivity index (χ2v) is 4.58. The summed E-state index contributed by atoms with van der Waals surface area (Å²) in [6.07, 6.45) is -0.337. The predicted octanol–water partition coefficient (Wildman–Crippen LogP) is 1.93. The lowest BCUT2D eigenvalue weighted by Crippen LogP contribution is -2.40. The number of ether oxygens (including phenoxy) is 1. The van der Waals surface area contributed by atoms with E-state index < -0.39 is 33.8 Å². The molecule has 1 aromatic carbocycles. The summed E-state index contributed by atoms with van der Waals surface area (Å²) >= 11 is 0. The lowest BCUT2D eigenvalue weighted by atomic mass is 9.83. The molecule has 7 nitrogen and oxygen atoms in total. The maximum atomic E-state index is 13.5. The predicted molar refractivity (Wildman–Crippen MR) is 69.1 cm³/mol. The number of carbonyl (C=O) groups is 2. The van der Waals surface area contributed by atoms with Crippen molar-refractivity contribution < 1.29 is 28.7 Å². The summed E-state index contributed by atoms with van der Waals surface area (Å²) in [5, 5.41) is 19.7. The van der Waals surface area contributed by atoms with E-state index in [9.17, 15) is 29.2 Å². The highest BCUT2D eigenvalue weighted by Crippen LogP contribution is 2.27. The van der Waals surface area contributed by atoms with Gasteiger partial charge in [-0.05, 0) is 31.9 Å². The monoisotopic (exact) mass is 299 g/mol. The van der Waals surface area contributed by atoms with Crippen molar-refractivity contribution >= 4 is 17.6 Å². The zero-order valence-electron chi connectivity index (χ0n) is 11.5. The molecule has 0 aromatic heterocycles. The Balaban J connectivity index is 3.11. The Kier molecular flexibility index (Phi) is 4.96. The Morgan fingerprint density at radius 2 is 2.10 bits per heavy atom. The lowest BCUT2D eigenvalue weighted by molar-refractivity contribution is -0.387. The van der Waals surface area contributed by atoms with Crippen molar-refractivity contribution in [2.75, 3.05) is 6.61 Å². The first-order chi connectivity index (χ1) is 9.72. The van der Waals surface area contributed by atoms with Crippen LogP contribution in [0.5, 0.6) is 0 Å². The molecule has 0 radical (unpaired) electrons. The average Bonchev–Trinajstić information content (AvgIpc) is 2.38. The van der Waals surface area contributed by atoms with Crippen molar-refractivity contribution in [3.8, 4) is 0 Å². The molecular weight excluding hydrogens is 285 g/mol. The van der Waals surface area contributed by atoms with Gasteiger partial charge in [-0.2, -0.15) is 4.39 Å². The number of carbonyl (C=O) groups excluding carboxylic acids is 1. The molecule has 1 unspecified atom stereocenters. The topological polar surface area (TPSA) is 107 Å². The molecule has 21 heavy (non-hydrogen) atoms. The average molecular weight is 299 g/mol. The smallest absolute Gasteiger partial charge is 0.323 e. The number of nitro benzene ring substituents is 1. The fraction of sp³-hybridized carbons (Fsp3) is 0.385. The highest BCUT2D eigenvalue weighted by Gasteiger charge is 2.43. The fourth-order valence-corrected chi connectivity index (χ4v) is 1.74. The number of rotatable bonds is 6. The van der Waals surface area contributed by atoms with E-state index in [2.05, 4.69) is 0 Å². The summed E-state index contributed by atoms with van der Waals surface area (Å²) in [5.74, 6) is -3.45. The lowest BCUT2D eigenvalue weighted by Gasteiger charge is -2.22. The van der Waals surface area contributed by atoms with E-state index in [0.29, 0.717) is 0 Å². The van der Waals surface area contributed by atoms with Gasteiger partial charge < -0.3 is 9.84 Å². The first-order valence-electron chi connectivity index (χ1n) is 6.05. The van der Waals surface area contributed by atoms with E-state index in [1.54, 1.807) is 0 Å². The maximum absolute atomic E-state index is 13.5. The molecular formula is C13H14FNO6. The van der Waals surface area contributed by atoms with E-state index in [1.165, 1.54) is 13.0 Å². The van der Waals surface area contributed by atoms with Gasteiger partial charge in [0, 0.05) is 6.07 Å². The molecule has 0 amide bonds. The molecule has 0 saturated heterocycles. The van der Waals surface area contributed by atoms with Crippen LogP contribution < -0.4 is 0 Å². The normalized spacial score (nSPS) is 13.3. The largest absolute Gasteiger partial charge is 0.480 e. The molecule has 1 rings (SSSR count). The standard InChI is InChI=1S/C13H14FNO6/c1-3-21-12(18)13(2,11(16)17)7-8-4-5-10(15(19)20)9(14)6-8/h4-6H,3,7H2,1-2H3,(H,16,17). The van der Waals surface area contributed by atoms with Gasteiger partial charge in [0.1, 0.15) is 0 Å². The second-order valence-electron chi connectivity index (χ2n) is 4.58. The minimum atomic E-state index is -1.89. The summed E-state index contributed by atoms with van der Waals surface area (Å²) < 4.78 is 18.2. The third kappa shape index (κ3) is 3.53. The summed E-state index contributed by atoms with van der Waals surface area (Å²) in [6, 6.07) is 2.98. The summed E-state index contributed by atoms with van der Waals surface area (Å²) in [5.41, 5.74) is -2.46. The van der Waals surface area contributed by atoms with E-state index in [-0.39, 0.29) is 18.6 Å². The van der Waals surface area contributed by atoms with Crippen LogP contribution in [0.2, 0.25) is 0 Å². The number of halogens is 1. The van der Waals surface area contributed by atoms with Crippen molar-refractivity contribution in [3.05, 3.63) is 39.7 Å². The van der Waals surface area contributed by atoms with Crippen LogP contribution in [-0.4, -0.2) is 28.6 Å². The van der Waals surface area contributed by atoms with Crippen molar-refractivity contribution in [2.45, 2.75) is 20.3 Å². The molecule has 1 N–H and O–H groups in total. The molecule has 0 spiro atoms.